The van der Waals surface area contributed by atoms with Crippen LogP contribution in [0.5, 0.6) is 11.5 Å². The molecule has 2 aromatic carbocycles. The van der Waals surface area contributed by atoms with E-state index in [4.69, 9.17) is 9.47 Å². The molecule has 6 nitrogen and oxygen atoms in total. The van der Waals surface area contributed by atoms with Crippen molar-refractivity contribution < 1.29 is 9.47 Å². The van der Waals surface area contributed by atoms with Gasteiger partial charge >= 0.3 is 0 Å². The molecule has 156 valence electrons. The van der Waals surface area contributed by atoms with E-state index in [-0.39, 0.29) is 0 Å². The maximum atomic E-state index is 5.88. The topological polar surface area (TPSA) is 53.6 Å². The van der Waals surface area contributed by atoms with Crippen molar-refractivity contribution in [3.63, 3.8) is 0 Å². The Kier molecular flexibility index (Phi) is 5.53. The van der Waals surface area contributed by atoms with Gasteiger partial charge in [0.05, 0.1) is 24.8 Å². The monoisotopic (exact) mass is 422 g/mol. The average molecular weight is 423 g/mol. The second-order valence-electron chi connectivity index (χ2n) is 7.64. The molecule has 2 aromatic heterocycles. The average Bonchev–Trinajstić information content (AvgIpc) is 3.35. The molecule has 0 spiro atoms. The third kappa shape index (κ3) is 3.62. The van der Waals surface area contributed by atoms with Crippen LogP contribution >= 0.6 is 11.8 Å². The van der Waals surface area contributed by atoms with Crippen molar-refractivity contribution in [3.8, 4) is 11.5 Å². The van der Waals surface area contributed by atoms with Gasteiger partial charge in [-0.1, -0.05) is 49.2 Å². The van der Waals surface area contributed by atoms with Crippen LogP contribution in [0.3, 0.4) is 0 Å². The third-order valence-electron chi connectivity index (χ3n) is 5.78. The van der Waals surface area contributed by atoms with E-state index in [0.29, 0.717) is 12.6 Å². The first-order chi connectivity index (χ1) is 14.8. The Morgan fingerprint density at radius 3 is 2.60 bits per heavy atom. The first-order valence-corrected chi connectivity index (χ1v) is 11.6. The number of methoxy groups -OCH3 is 1. The van der Waals surface area contributed by atoms with Crippen molar-refractivity contribution in [3.05, 3.63) is 48.5 Å². The fourth-order valence-corrected chi connectivity index (χ4v) is 5.13. The number of imidazole rings is 1. The number of thioether (sulfide) groups is 1. The summed E-state index contributed by atoms with van der Waals surface area (Å²) in [4.78, 5) is 0. The fraction of sp³-hybridized carbons (Fsp3) is 0.391. The smallest absolute Gasteiger partial charge is 0.237 e. The molecule has 0 N–H and O–H groups in total. The molecule has 1 saturated carbocycles. The minimum Gasteiger partial charge on any atom is -0.497 e. The Morgan fingerprint density at radius 2 is 1.77 bits per heavy atom. The minimum atomic E-state index is 0.514. The zero-order valence-corrected chi connectivity index (χ0v) is 18.0. The van der Waals surface area contributed by atoms with E-state index < -0.39 is 0 Å². The van der Waals surface area contributed by atoms with Gasteiger partial charge in [-0.25, -0.2) is 0 Å². The molecule has 0 bridgehead atoms. The standard InChI is InChI=1S/C23H26N4O2S/c1-28-18-10-7-11-19(16-18)29-14-15-30-23-25-24-22-26(17-8-3-2-4-9-17)20-12-5-6-13-21(20)27(22)23/h5-7,10-13,16-17H,2-4,8-9,14-15H2,1H3. The van der Waals surface area contributed by atoms with Gasteiger partial charge < -0.3 is 14.0 Å². The molecule has 1 aliphatic carbocycles. The number of aromatic nitrogens is 4. The summed E-state index contributed by atoms with van der Waals surface area (Å²) in [5.41, 5.74) is 2.43. The minimum absolute atomic E-state index is 0.514. The number of hydrogen-bond donors (Lipinski definition) is 0. The van der Waals surface area contributed by atoms with Crippen LogP contribution in [0.25, 0.3) is 16.8 Å². The maximum absolute atomic E-state index is 5.88. The van der Waals surface area contributed by atoms with Crippen LogP contribution in [-0.4, -0.2) is 38.6 Å². The van der Waals surface area contributed by atoms with Gasteiger partial charge in [0.2, 0.25) is 5.78 Å². The number of ether oxygens (including phenoxy) is 2. The summed E-state index contributed by atoms with van der Waals surface area (Å²) in [5, 5.41) is 10.0. The van der Waals surface area contributed by atoms with E-state index in [1.54, 1.807) is 18.9 Å². The summed E-state index contributed by atoms with van der Waals surface area (Å²) in [6.07, 6.45) is 6.37. The predicted molar refractivity (Wildman–Crippen MR) is 120 cm³/mol. The molecule has 0 saturated heterocycles. The number of benzene rings is 2. The Labute approximate surface area is 180 Å². The highest BCUT2D eigenvalue weighted by atomic mass is 32.2. The lowest BCUT2D eigenvalue weighted by molar-refractivity contribution is 0.339. The molecule has 1 aliphatic rings. The molecule has 4 aromatic rings. The van der Waals surface area contributed by atoms with Gasteiger partial charge in [0.1, 0.15) is 11.5 Å². The largest absolute Gasteiger partial charge is 0.497 e. The highest BCUT2D eigenvalue weighted by Gasteiger charge is 2.23. The normalized spacial score (nSPS) is 15.1. The van der Waals surface area contributed by atoms with Gasteiger partial charge in [-0.05, 0) is 37.1 Å². The lowest BCUT2D eigenvalue weighted by Crippen LogP contribution is -2.13. The maximum Gasteiger partial charge on any atom is 0.237 e. The highest BCUT2D eigenvalue weighted by Crippen LogP contribution is 2.35. The van der Waals surface area contributed by atoms with E-state index >= 15 is 0 Å². The molecular weight excluding hydrogens is 396 g/mol. The Hall–Kier alpha value is -2.67. The number of para-hydroxylation sites is 2. The number of fused-ring (bicyclic) bond motifs is 3. The number of nitrogens with zero attached hydrogens (tertiary/aromatic N) is 4. The Morgan fingerprint density at radius 1 is 0.967 bits per heavy atom. The SMILES string of the molecule is COc1cccc(OCCSc2nnc3n(C4CCCCC4)c4ccccc4n23)c1. The molecule has 0 unspecified atom stereocenters. The van der Waals surface area contributed by atoms with E-state index in [0.717, 1.165) is 28.2 Å². The summed E-state index contributed by atoms with van der Waals surface area (Å²) >= 11 is 1.68. The van der Waals surface area contributed by atoms with E-state index in [9.17, 15) is 0 Å². The van der Waals surface area contributed by atoms with Crippen LogP contribution < -0.4 is 9.47 Å². The van der Waals surface area contributed by atoms with Gasteiger partial charge in [-0.15, -0.1) is 10.2 Å². The van der Waals surface area contributed by atoms with E-state index in [2.05, 4.69) is 43.4 Å². The molecule has 30 heavy (non-hydrogen) atoms. The van der Waals surface area contributed by atoms with Crippen LogP contribution in [-0.2, 0) is 0 Å². The number of hydrogen-bond acceptors (Lipinski definition) is 5. The van der Waals surface area contributed by atoms with Crippen molar-refractivity contribution in [1.29, 1.82) is 0 Å². The van der Waals surface area contributed by atoms with Crippen LogP contribution in [0, 0.1) is 0 Å². The molecule has 0 aliphatic heterocycles. The molecule has 2 heterocycles. The number of rotatable bonds is 7. The summed E-state index contributed by atoms with van der Waals surface area (Å²) in [7, 11) is 1.66. The quantitative estimate of drug-likeness (QED) is 0.296. The molecule has 1 fully saturated rings. The van der Waals surface area contributed by atoms with Crippen molar-refractivity contribution in [2.45, 2.75) is 43.3 Å². The molecule has 7 heteroatoms. The van der Waals surface area contributed by atoms with Gasteiger partial charge in [0.15, 0.2) is 5.16 Å². The molecule has 0 radical (unpaired) electrons. The zero-order chi connectivity index (χ0) is 20.3. The summed E-state index contributed by atoms with van der Waals surface area (Å²) < 4.78 is 15.8. The molecule has 5 rings (SSSR count). The van der Waals surface area contributed by atoms with Gasteiger partial charge in [0, 0.05) is 17.9 Å². The Balaban J connectivity index is 1.36. The van der Waals surface area contributed by atoms with Gasteiger partial charge in [-0.2, -0.15) is 0 Å². The first-order valence-electron chi connectivity index (χ1n) is 10.6. The molecule has 0 amide bonds. The van der Waals surface area contributed by atoms with Crippen molar-refractivity contribution in [1.82, 2.24) is 19.2 Å². The van der Waals surface area contributed by atoms with Gasteiger partial charge in [0.25, 0.3) is 0 Å². The Bertz CT molecular complexity index is 1150. The second-order valence-corrected chi connectivity index (χ2v) is 8.71. The zero-order valence-electron chi connectivity index (χ0n) is 17.2. The van der Waals surface area contributed by atoms with Gasteiger partial charge in [-0.3, -0.25) is 4.40 Å². The first kappa shape index (κ1) is 19.3. The van der Waals surface area contributed by atoms with Crippen LogP contribution in [0.4, 0.5) is 0 Å². The van der Waals surface area contributed by atoms with Crippen molar-refractivity contribution in [2.75, 3.05) is 19.5 Å². The van der Waals surface area contributed by atoms with E-state index in [1.165, 1.54) is 43.1 Å². The van der Waals surface area contributed by atoms with Crippen LogP contribution in [0.2, 0.25) is 0 Å². The molecule has 0 atom stereocenters. The van der Waals surface area contributed by atoms with Crippen molar-refractivity contribution in [2.24, 2.45) is 0 Å². The highest BCUT2D eigenvalue weighted by molar-refractivity contribution is 7.99. The van der Waals surface area contributed by atoms with Crippen LogP contribution in [0.15, 0.2) is 53.7 Å². The summed E-state index contributed by atoms with van der Waals surface area (Å²) in [6, 6.07) is 16.8. The lowest BCUT2D eigenvalue weighted by atomic mass is 9.95. The summed E-state index contributed by atoms with van der Waals surface area (Å²) in [5.74, 6) is 3.37. The predicted octanol–water partition coefficient (Wildman–Crippen LogP) is 5.37. The van der Waals surface area contributed by atoms with Crippen LogP contribution in [0.1, 0.15) is 38.1 Å². The summed E-state index contributed by atoms with van der Waals surface area (Å²) in [6.45, 7) is 0.591. The van der Waals surface area contributed by atoms with E-state index in [1.807, 2.05) is 24.3 Å². The fourth-order valence-electron chi connectivity index (χ4n) is 4.37. The lowest BCUT2D eigenvalue weighted by Gasteiger charge is -2.23. The van der Waals surface area contributed by atoms with Crippen molar-refractivity contribution >= 4 is 28.6 Å². The second kappa shape index (κ2) is 8.60. The molecular formula is C23H26N4O2S. The third-order valence-corrected chi connectivity index (χ3v) is 6.67.